The summed E-state index contributed by atoms with van der Waals surface area (Å²) in [6, 6.07) is 4.90. The highest BCUT2D eigenvalue weighted by atomic mass is 19.4. The molecule has 1 aliphatic rings. The molecule has 3 heterocycles. The minimum atomic E-state index is -4.52. The summed E-state index contributed by atoms with van der Waals surface area (Å²) >= 11 is 0. The Hall–Kier alpha value is -3.04. The average molecular weight is 435 g/mol. The van der Waals surface area contributed by atoms with E-state index in [0.717, 1.165) is 6.07 Å². The SMILES string of the molecule is Cc1nc(N2CCC(Cn3c(C)nc4cc(F)ccc4c3=O)CC2)cc(C(F)(F)F)n1. The van der Waals surface area contributed by atoms with Crippen LogP contribution in [-0.4, -0.2) is 32.6 Å². The highest BCUT2D eigenvalue weighted by molar-refractivity contribution is 5.77. The van der Waals surface area contributed by atoms with Crippen molar-refractivity contribution in [2.45, 2.75) is 39.4 Å². The molecule has 0 unspecified atom stereocenters. The van der Waals surface area contributed by atoms with Gasteiger partial charge < -0.3 is 4.90 Å². The van der Waals surface area contributed by atoms with Crippen molar-refractivity contribution in [3.8, 4) is 0 Å². The minimum absolute atomic E-state index is 0.0767. The van der Waals surface area contributed by atoms with Crippen molar-refractivity contribution in [2.24, 2.45) is 5.92 Å². The number of alkyl halides is 3. The molecule has 0 radical (unpaired) electrons. The predicted molar refractivity (Wildman–Crippen MR) is 107 cm³/mol. The number of fused-ring (bicyclic) bond motifs is 1. The molecule has 0 saturated carbocycles. The highest BCUT2D eigenvalue weighted by Crippen LogP contribution is 2.31. The molecule has 0 amide bonds. The zero-order valence-corrected chi connectivity index (χ0v) is 17.1. The smallest absolute Gasteiger partial charge is 0.356 e. The number of anilines is 1. The Morgan fingerprint density at radius 2 is 1.77 bits per heavy atom. The van der Waals surface area contributed by atoms with Gasteiger partial charge in [-0.3, -0.25) is 9.36 Å². The van der Waals surface area contributed by atoms with Crippen molar-refractivity contribution in [3.05, 3.63) is 57.8 Å². The van der Waals surface area contributed by atoms with Gasteiger partial charge in [0.15, 0.2) is 0 Å². The topological polar surface area (TPSA) is 63.9 Å². The van der Waals surface area contributed by atoms with Crippen LogP contribution in [0.3, 0.4) is 0 Å². The molecule has 31 heavy (non-hydrogen) atoms. The van der Waals surface area contributed by atoms with Crippen molar-refractivity contribution in [3.63, 3.8) is 0 Å². The van der Waals surface area contributed by atoms with Gasteiger partial charge in [0.25, 0.3) is 5.56 Å². The van der Waals surface area contributed by atoms with Crippen LogP contribution in [0.2, 0.25) is 0 Å². The van der Waals surface area contributed by atoms with Gasteiger partial charge in [0.2, 0.25) is 0 Å². The van der Waals surface area contributed by atoms with Crippen molar-refractivity contribution in [1.82, 2.24) is 19.5 Å². The van der Waals surface area contributed by atoms with E-state index in [2.05, 4.69) is 15.0 Å². The maximum atomic E-state index is 13.4. The lowest BCUT2D eigenvalue weighted by Crippen LogP contribution is -2.37. The van der Waals surface area contributed by atoms with Crippen molar-refractivity contribution in [1.29, 1.82) is 0 Å². The van der Waals surface area contributed by atoms with Gasteiger partial charge in [-0.05, 0) is 44.7 Å². The molecule has 0 spiro atoms. The molecule has 4 rings (SSSR count). The molecule has 0 N–H and O–H groups in total. The number of rotatable bonds is 3. The summed E-state index contributed by atoms with van der Waals surface area (Å²) < 4.78 is 54.2. The lowest BCUT2D eigenvalue weighted by Gasteiger charge is -2.33. The standard InChI is InChI=1S/C21H21F4N5O/c1-12-26-18(21(23,24)25)10-19(27-12)29-7-5-14(6-8-29)11-30-13(2)28-17-9-15(22)3-4-16(17)20(30)31/h3-4,9-10,14H,5-8,11H2,1-2H3. The summed E-state index contributed by atoms with van der Waals surface area (Å²) in [4.78, 5) is 26.7. The highest BCUT2D eigenvalue weighted by Gasteiger charge is 2.34. The summed E-state index contributed by atoms with van der Waals surface area (Å²) in [5.41, 5.74) is -0.836. The number of aromatic nitrogens is 4. The van der Waals surface area contributed by atoms with Gasteiger partial charge in [-0.15, -0.1) is 0 Å². The number of halogens is 4. The van der Waals surface area contributed by atoms with Crippen LogP contribution in [0.1, 0.15) is 30.2 Å². The fourth-order valence-electron chi connectivity index (χ4n) is 3.98. The van der Waals surface area contributed by atoms with Crippen LogP contribution in [0.5, 0.6) is 0 Å². The number of piperidine rings is 1. The molecule has 0 aliphatic carbocycles. The first-order chi connectivity index (χ1) is 14.6. The molecule has 1 fully saturated rings. The fourth-order valence-corrected chi connectivity index (χ4v) is 3.98. The molecule has 3 aromatic rings. The lowest BCUT2D eigenvalue weighted by atomic mass is 9.96. The largest absolute Gasteiger partial charge is 0.433 e. The lowest BCUT2D eigenvalue weighted by molar-refractivity contribution is -0.141. The number of nitrogens with zero attached hydrogens (tertiary/aromatic N) is 5. The molecule has 164 valence electrons. The Bertz CT molecular complexity index is 1180. The van der Waals surface area contributed by atoms with Gasteiger partial charge >= 0.3 is 6.18 Å². The number of benzene rings is 1. The Balaban J connectivity index is 1.50. The molecule has 1 aromatic carbocycles. The quantitative estimate of drug-likeness (QED) is 0.585. The summed E-state index contributed by atoms with van der Waals surface area (Å²) in [6.07, 6.45) is -3.14. The van der Waals surface area contributed by atoms with Crippen molar-refractivity contribution in [2.75, 3.05) is 18.0 Å². The van der Waals surface area contributed by atoms with Crippen LogP contribution in [-0.2, 0) is 12.7 Å². The summed E-state index contributed by atoms with van der Waals surface area (Å²) in [7, 11) is 0. The molecule has 10 heteroatoms. The predicted octanol–water partition coefficient (Wildman–Crippen LogP) is 3.88. The third-order valence-corrected chi connectivity index (χ3v) is 5.60. The zero-order valence-electron chi connectivity index (χ0n) is 17.1. The van der Waals surface area contributed by atoms with Crippen LogP contribution < -0.4 is 10.5 Å². The first kappa shape index (κ1) is 21.2. The molecule has 6 nitrogen and oxygen atoms in total. The molecule has 0 atom stereocenters. The zero-order chi connectivity index (χ0) is 22.3. The third-order valence-electron chi connectivity index (χ3n) is 5.60. The van der Waals surface area contributed by atoms with E-state index in [-0.39, 0.29) is 23.1 Å². The second kappa shape index (κ2) is 7.90. The number of hydrogen-bond donors (Lipinski definition) is 0. The Labute approximate surface area is 175 Å². The molecule has 2 aromatic heterocycles. The molecule has 0 bridgehead atoms. The first-order valence-electron chi connectivity index (χ1n) is 9.96. The van der Waals surface area contributed by atoms with Gasteiger partial charge in [0, 0.05) is 31.8 Å². The van der Waals surface area contributed by atoms with E-state index < -0.39 is 17.7 Å². The van der Waals surface area contributed by atoms with E-state index >= 15 is 0 Å². The maximum Gasteiger partial charge on any atom is 0.433 e. The van der Waals surface area contributed by atoms with Gasteiger partial charge in [-0.25, -0.2) is 19.3 Å². The van der Waals surface area contributed by atoms with Crippen LogP contribution in [0.25, 0.3) is 10.9 Å². The summed E-state index contributed by atoms with van der Waals surface area (Å²) in [5.74, 6) is 0.565. The van der Waals surface area contributed by atoms with E-state index in [1.807, 2.05) is 4.90 Å². The monoisotopic (exact) mass is 435 g/mol. The van der Waals surface area contributed by atoms with Crippen LogP contribution in [0, 0.1) is 25.6 Å². The fraction of sp³-hybridized carbons (Fsp3) is 0.429. The second-order valence-electron chi connectivity index (χ2n) is 7.82. The maximum absolute atomic E-state index is 13.4. The van der Waals surface area contributed by atoms with Crippen LogP contribution in [0.4, 0.5) is 23.4 Å². The van der Waals surface area contributed by atoms with Crippen molar-refractivity contribution < 1.29 is 17.6 Å². The number of aryl methyl sites for hydroxylation is 2. The van der Waals surface area contributed by atoms with Gasteiger partial charge in [-0.2, -0.15) is 13.2 Å². The number of hydrogen-bond acceptors (Lipinski definition) is 5. The molecule has 1 saturated heterocycles. The van der Waals surface area contributed by atoms with Gasteiger partial charge in [0.1, 0.15) is 29.0 Å². The third kappa shape index (κ3) is 4.38. The summed E-state index contributed by atoms with van der Waals surface area (Å²) in [6.45, 7) is 4.66. The van der Waals surface area contributed by atoms with Crippen LogP contribution in [0.15, 0.2) is 29.1 Å². The minimum Gasteiger partial charge on any atom is -0.356 e. The summed E-state index contributed by atoms with van der Waals surface area (Å²) in [5, 5.41) is 0.362. The molecular formula is C21H21F4N5O. The van der Waals surface area contributed by atoms with E-state index in [4.69, 9.17) is 0 Å². The van der Waals surface area contributed by atoms with Crippen LogP contribution >= 0.6 is 0 Å². The Morgan fingerprint density at radius 3 is 2.45 bits per heavy atom. The van der Waals surface area contributed by atoms with Gasteiger partial charge in [-0.1, -0.05) is 0 Å². The Morgan fingerprint density at radius 1 is 1.06 bits per heavy atom. The van der Waals surface area contributed by atoms with E-state index in [9.17, 15) is 22.4 Å². The van der Waals surface area contributed by atoms with Gasteiger partial charge in [0.05, 0.1) is 10.9 Å². The van der Waals surface area contributed by atoms with Crippen molar-refractivity contribution >= 4 is 16.7 Å². The Kier molecular flexibility index (Phi) is 5.40. The average Bonchev–Trinajstić information content (AvgIpc) is 2.70. The first-order valence-corrected chi connectivity index (χ1v) is 9.96. The van der Waals surface area contributed by atoms with E-state index in [1.54, 1.807) is 11.5 Å². The van der Waals surface area contributed by atoms with E-state index in [1.165, 1.54) is 25.1 Å². The molecular weight excluding hydrogens is 414 g/mol. The van der Waals surface area contributed by atoms with E-state index in [0.29, 0.717) is 49.2 Å². The normalized spacial score (nSPS) is 15.6. The molecule has 1 aliphatic heterocycles. The second-order valence-corrected chi connectivity index (χ2v) is 7.82.